The Hall–Kier alpha value is -0.960. The predicted molar refractivity (Wildman–Crippen MR) is 78.9 cm³/mol. The monoisotopic (exact) mass is 320 g/mol. The largest absolute Gasteiger partial charge is 0.477 e. The first-order valence-corrected chi connectivity index (χ1v) is 8.52. The zero-order chi connectivity index (χ0) is 15.3. The first-order chi connectivity index (χ1) is 9.28. The van der Waals surface area contributed by atoms with Gasteiger partial charge in [0.1, 0.15) is 9.09 Å². The van der Waals surface area contributed by atoms with Crippen LogP contribution in [0.15, 0.2) is 16.3 Å². The van der Waals surface area contributed by atoms with Gasteiger partial charge in [0.15, 0.2) is 0 Å². The van der Waals surface area contributed by atoms with Crippen LogP contribution in [-0.2, 0) is 10.0 Å². The summed E-state index contributed by atoms with van der Waals surface area (Å²) in [4.78, 5) is 12.8. The summed E-state index contributed by atoms with van der Waals surface area (Å²) in [5, 5.41) is 8.88. The van der Waals surface area contributed by atoms with Gasteiger partial charge in [-0.1, -0.05) is 6.92 Å². The van der Waals surface area contributed by atoms with Crippen molar-refractivity contribution >= 4 is 27.3 Å². The summed E-state index contributed by atoms with van der Waals surface area (Å²) in [5.74, 6) is -1.10. The van der Waals surface area contributed by atoms with Crippen molar-refractivity contribution in [3.05, 3.63) is 17.0 Å². The molecule has 0 aliphatic heterocycles. The number of likely N-dealkylation sites (N-methyl/N-ethyl adjacent to an activating group) is 1. The van der Waals surface area contributed by atoms with Gasteiger partial charge in [-0.05, 0) is 32.6 Å². The van der Waals surface area contributed by atoms with Gasteiger partial charge in [0.05, 0.1) is 0 Å². The lowest BCUT2D eigenvalue weighted by molar-refractivity contribution is 0.0702. The number of rotatable bonds is 8. The van der Waals surface area contributed by atoms with E-state index in [1.54, 1.807) is 0 Å². The molecule has 1 aromatic rings. The Labute approximate surface area is 123 Å². The van der Waals surface area contributed by atoms with Gasteiger partial charge < -0.3 is 10.0 Å². The van der Waals surface area contributed by atoms with Crippen molar-refractivity contribution in [3.63, 3.8) is 0 Å². The molecule has 1 aromatic heterocycles. The summed E-state index contributed by atoms with van der Waals surface area (Å²) in [7, 11) is 0.149. The maximum absolute atomic E-state index is 12.5. The van der Waals surface area contributed by atoms with E-state index in [1.165, 1.54) is 16.4 Å². The van der Waals surface area contributed by atoms with Crippen molar-refractivity contribution in [2.45, 2.75) is 17.6 Å². The highest BCUT2D eigenvalue weighted by atomic mass is 32.2. The number of carbonyl (C=O) groups is 1. The maximum atomic E-state index is 12.5. The Morgan fingerprint density at radius 1 is 1.25 bits per heavy atom. The molecule has 114 valence electrons. The van der Waals surface area contributed by atoms with Crippen LogP contribution in [0.2, 0.25) is 0 Å². The van der Waals surface area contributed by atoms with Crippen LogP contribution >= 0.6 is 11.3 Å². The molecule has 0 unspecified atom stereocenters. The number of thiophene rings is 1. The minimum absolute atomic E-state index is 0.0348. The van der Waals surface area contributed by atoms with Crippen LogP contribution in [0.1, 0.15) is 23.0 Å². The highest BCUT2D eigenvalue weighted by Crippen LogP contribution is 2.25. The Morgan fingerprint density at radius 3 is 2.35 bits per heavy atom. The van der Waals surface area contributed by atoms with Crippen molar-refractivity contribution in [1.29, 1.82) is 0 Å². The second-order valence-electron chi connectivity index (χ2n) is 4.63. The summed E-state index contributed by atoms with van der Waals surface area (Å²) < 4.78 is 26.5. The van der Waals surface area contributed by atoms with Crippen LogP contribution in [0.5, 0.6) is 0 Å². The molecule has 0 bridgehead atoms. The number of sulfonamides is 1. The highest BCUT2D eigenvalue weighted by molar-refractivity contribution is 7.91. The van der Waals surface area contributed by atoms with Gasteiger partial charge in [0.2, 0.25) is 0 Å². The Morgan fingerprint density at radius 2 is 1.90 bits per heavy atom. The van der Waals surface area contributed by atoms with Crippen molar-refractivity contribution in [2.24, 2.45) is 0 Å². The smallest absolute Gasteiger partial charge is 0.345 e. The molecule has 1 N–H and O–H groups in total. The zero-order valence-electron chi connectivity index (χ0n) is 11.9. The summed E-state index contributed by atoms with van der Waals surface area (Å²) in [6, 6.07) is 2.69. The third kappa shape index (κ3) is 4.27. The molecule has 1 heterocycles. The fourth-order valence-electron chi connectivity index (χ4n) is 1.61. The van der Waals surface area contributed by atoms with E-state index in [-0.39, 0.29) is 9.09 Å². The Bertz CT molecular complexity index is 552. The Balaban J connectivity index is 2.98. The van der Waals surface area contributed by atoms with E-state index in [1.807, 2.05) is 25.9 Å². The molecule has 0 atom stereocenters. The number of carboxylic acid groups (broad SMARTS) is 1. The molecule has 6 nitrogen and oxygen atoms in total. The summed E-state index contributed by atoms with van der Waals surface area (Å²) >= 11 is 0.794. The molecule has 0 aliphatic carbocycles. The molecule has 0 aromatic carbocycles. The molecule has 20 heavy (non-hydrogen) atoms. The van der Waals surface area contributed by atoms with Crippen molar-refractivity contribution in [2.75, 3.05) is 33.7 Å². The standard InChI is InChI=1S/C12H20N2O4S2/c1-4-7-14(9-8-13(2)3)20(17,18)11-6-5-10(19-11)12(15)16/h5-6H,4,7-9H2,1-3H3,(H,15,16). The number of nitrogens with zero attached hydrogens (tertiary/aromatic N) is 2. The average molecular weight is 320 g/mol. The summed E-state index contributed by atoms with van der Waals surface area (Å²) in [6.45, 7) is 3.35. The first-order valence-electron chi connectivity index (χ1n) is 6.27. The van der Waals surface area contributed by atoms with Crippen LogP contribution in [-0.4, -0.2) is 62.4 Å². The number of hydrogen-bond donors (Lipinski definition) is 1. The number of carboxylic acids is 1. The second kappa shape index (κ2) is 7.16. The third-order valence-corrected chi connectivity index (χ3v) is 6.10. The molecule has 0 fully saturated rings. The molecule has 0 saturated heterocycles. The maximum Gasteiger partial charge on any atom is 0.345 e. The molecule has 0 aliphatic rings. The molecule has 0 radical (unpaired) electrons. The molecule has 0 saturated carbocycles. The fraction of sp³-hybridized carbons (Fsp3) is 0.583. The third-order valence-electron chi connectivity index (χ3n) is 2.66. The van der Waals surface area contributed by atoms with Gasteiger partial charge in [-0.2, -0.15) is 4.31 Å². The number of aromatic carboxylic acids is 1. The Kier molecular flexibility index (Phi) is 6.12. The van der Waals surface area contributed by atoms with Gasteiger partial charge in [0.25, 0.3) is 10.0 Å². The van der Waals surface area contributed by atoms with E-state index < -0.39 is 16.0 Å². The summed E-state index contributed by atoms with van der Waals surface area (Å²) in [6.07, 6.45) is 0.712. The van der Waals surface area contributed by atoms with Gasteiger partial charge in [-0.3, -0.25) is 0 Å². The fourth-order valence-corrected chi connectivity index (χ4v) is 4.44. The highest BCUT2D eigenvalue weighted by Gasteiger charge is 2.26. The first kappa shape index (κ1) is 17.1. The molecular weight excluding hydrogens is 300 g/mol. The molecular formula is C12H20N2O4S2. The van der Waals surface area contributed by atoms with Crippen LogP contribution in [0.3, 0.4) is 0 Å². The van der Waals surface area contributed by atoms with E-state index in [4.69, 9.17) is 5.11 Å². The van der Waals surface area contributed by atoms with E-state index in [2.05, 4.69) is 0 Å². The van der Waals surface area contributed by atoms with Gasteiger partial charge in [-0.25, -0.2) is 13.2 Å². The van der Waals surface area contributed by atoms with Gasteiger partial charge >= 0.3 is 5.97 Å². The predicted octanol–water partition coefficient (Wildman–Crippen LogP) is 1.41. The van der Waals surface area contributed by atoms with E-state index in [0.29, 0.717) is 26.1 Å². The summed E-state index contributed by atoms with van der Waals surface area (Å²) in [5.41, 5.74) is 0. The SMILES string of the molecule is CCCN(CCN(C)C)S(=O)(=O)c1ccc(C(=O)O)s1. The van der Waals surface area contributed by atoms with Crippen molar-refractivity contribution in [3.8, 4) is 0 Å². The zero-order valence-corrected chi connectivity index (χ0v) is 13.5. The number of hydrogen-bond acceptors (Lipinski definition) is 5. The van der Waals surface area contributed by atoms with Crippen LogP contribution < -0.4 is 0 Å². The second-order valence-corrected chi connectivity index (χ2v) is 7.88. The topological polar surface area (TPSA) is 77.9 Å². The van der Waals surface area contributed by atoms with E-state index >= 15 is 0 Å². The lowest BCUT2D eigenvalue weighted by Crippen LogP contribution is -2.36. The van der Waals surface area contributed by atoms with E-state index in [9.17, 15) is 13.2 Å². The lowest BCUT2D eigenvalue weighted by Gasteiger charge is -2.22. The van der Waals surface area contributed by atoms with Gasteiger partial charge in [-0.15, -0.1) is 11.3 Å². The van der Waals surface area contributed by atoms with Gasteiger partial charge in [0, 0.05) is 19.6 Å². The molecule has 0 spiro atoms. The minimum Gasteiger partial charge on any atom is -0.477 e. The van der Waals surface area contributed by atoms with Crippen molar-refractivity contribution < 1.29 is 18.3 Å². The minimum atomic E-state index is -3.61. The van der Waals surface area contributed by atoms with Crippen LogP contribution in [0.25, 0.3) is 0 Å². The van der Waals surface area contributed by atoms with Crippen LogP contribution in [0.4, 0.5) is 0 Å². The molecule has 1 rings (SSSR count). The van der Waals surface area contributed by atoms with Crippen LogP contribution in [0, 0.1) is 0 Å². The van der Waals surface area contributed by atoms with Crippen molar-refractivity contribution in [1.82, 2.24) is 9.21 Å². The molecule has 8 heteroatoms. The normalized spacial score (nSPS) is 12.2. The van der Waals surface area contributed by atoms with E-state index in [0.717, 1.165) is 11.3 Å². The molecule has 0 amide bonds. The average Bonchev–Trinajstić information content (AvgIpc) is 2.84. The lowest BCUT2D eigenvalue weighted by atomic mass is 10.4. The quantitative estimate of drug-likeness (QED) is 0.783.